The predicted molar refractivity (Wildman–Crippen MR) is 49.6 cm³/mol. The topological polar surface area (TPSA) is 58.9 Å². The number of hydrogen-bond donors (Lipinski definition) is 2. The van der Waals surface area contributed by atoms with E-state index in [0.717, 1.165) is 0 Å². The van der Waals surface area contributed by atoms with E-state index in [1.165, 1.54) is 0 Å². The summed E-state index contributed by atoms with van der Waals surface area (Å²) in [6, 6.07) is 0. The maximum absolute atomic E-state index is 8.75. The first-order valence-electron chi connectivity index (χ1n) is 3.64. The minimum atomic E-state index is -0.994. The quantitative estimate of drug-likeness (QED) is 0.402. The van der Waals surface area contributed by atoms with Gasteiger partial charge in [-0.15, -0.1) is 0 Å². The van der Waals surface area contributed by atoms with Crippen LogP contribution in [0.1, 0.15) is 13.8 Å². The molecule has 2 N–H and O–H groups in total. The minimum absolute atomic E-state index is 0. The third-order valence-corrected chi connectivity index (χ3v) is 1.69. The fourth-order valence-corrected chi connectivity index (χ4v) is 1.49. The van der Waals surface area contributed by atoms with E-state index in [1.807, 2.05) is 0 Å². The standard InChI is InChI=1S/2C3H7O2.Al.Na.2H/c2*1-3(5)2-4;;;;/h2*3,5H,2H2,1H3;;;;/q2*-1;+2;;;. The van der Waals surface area contributed by atoms with E-state index in [4.69, 9.17) is 17.8 Å². The van der Waals surface area contributed by atoms with Crippen LogP contribution < -0.4 is 0 Å². The molecule has 0 aromatic carbocycles. The third-order valence-electron chi connectivity index (χ3n) is 0.885. The summed E-state index contributed by atoms with van der Waals surface area (Å²) in [6.07, 6.45) is -0.865. The third kappa shape index (κ3) is 13.9. The Morgan fingerprint density at radius 3 is 1.67 bits per heavy atom. The molecule has 0 amide bonds. The average molecular weight is 202 g/mol. The molecule has 0 aromatic rings. The molecule has 2 unspecified atom stereocenters. The summed E-state index contributed by atoms with van der Waals surface area (Å²) in [6.45, 7) is 3.96. The van der Waals surface area contributed by atoms with Crippen molar-refractivity contribution in [3.8, 4) is 0 Å². The molecule has 68 valence electrons. The van der Waals surface area contributed by atoms with E-state index in [1.54, 1.807) is 13.8 Å². The molecular weight excluding hydrogens is 186 g/mol. The Hall–Kier alpha value is 1.37. The van der Waals surface area contributed by atoms with Crippen molar-refractivity contribution in [1.82, 2.24) is 0 Å². The van der Waals surface area contributed by atoms with Gasteiger partial charge >= 0.3 is 45.4 Å². The summed E-state index contributed by atoms with van der Waals surface area (Å²) in [7, 11) is 0. The Kier molecular flexibility index (Phi) is 13.8. The average Bonchev–Trinajstić information content (AvgIpc) is 1.85. The molecule has 0 aromatic heterocycles. The van der Waals surface area contributed by atoms with Crippen molar-refractivity contribution in [3.63, 3.8) is 0 Å². The second-order valence-corrected chi connectivity index (χ2v) is 3.61. The Balaban J connectivity index is 0. The van der Waals surface area contributed by atoms with Crippen molar-refractivity contribution in [1.29, 1.82) is 0 Å². The Morgan fingerprint density at radius 2 is 1.42 bits per heavy atom. The van der Waals surface area contributed by atoms with Crippen molar-refractivity contribution >= 4 is 45.4 Å². The molecule has 0 aliphatic carbocycles. The summed E-state index contributed by atoms with van der Waals surface area (Å²) < 4.78 is 10.0. The van der Waals surface area contributed by atoms with Crippen molar-refractivity contribution in [2.45, 2.75) is 26.1 Å². The summed E-state index contributed by atoms with van der Waals surface area (Å²) in [5.41, 5.74) is 0. The molecule has 0 saturated carbocycles. The van der Waals surface area contributed by atoms with Crippen LogP contribution in [0.15, 0.2) is 0 Å². The molecule has 0 aliphatic heterocycles. The van der Waals surface area contributed by atoms with Crippen LogP contribution in [0.3, 0.4) is 0 Å². The fraction of sp³-hybridized carbons (Fsp3) is 1.00. The molecule has 0 saturated heterocycles. The van der Waals surface area contributed by atoms with Gasteiger partial charge in [0.05, 0.1) is 12.2 Å². The summed E-state index contributed by atoms with van der Waals surface area (Å²) >= 11 is -0.994. The van der Waals surface area contributed by atoms with Gasteiger partial charge < -0.3 is 17.8 Å². The van der Waals surface area contributed by atoms with Gasteiger partial charge in [0.1, 0.15) is 0 Å². The van der Waals surface area contributed by atoms with Crippen molar-refractivity contribution in [3.05, 3.63) is 0 Å². The molecule has 12 heavy (non-hydrogen) atoms. The van der Waals surface area contributed by atoms with Crippen LogP contribution in [0.2, 0.25) is 0 Å². The molecule has 0 aliphatic rings. The van der Waals surface area contributed by atoms with Crippen molar-refractivity contribution < 1.29 is 17.8 Å². The Morgan fingerprint density at radius 1 is 1.08 bits per heavy atom. The Labute approximate surface area is 102 Å². The van der Waals surface area contributed by atoms with E-state index < -0.39 is 28.1 Å². The first kappa shape index (κ1) is 15.8. The SMILES string of the molecule is CC(O)C[O][AlH][O]CC(C)O.[NaH]. The van der Waals surface area contributed by atoms with Gasteiger partial charge in [0.25, 0.3) is 0 Å². The van der Waals surface area contributed by atoms with Gasteiger partial charge in [0.2, 0.25) is 0 Å². The van der Waals surface area contributed by atoms with Gasteiger partial charge in [-0.1, -0.05) is 0 Å². The van der Waals surface area contributed by atoms with E-state index in [2.05, 4.69) is 0 Å². The molecule has 0 heterocycles. The number of rotatable bonds is 6. The van der Waals surface area contributed by atoms with Crippen LogP contribution in [-0.2, 0) is 7.58 Å². The number of aliphatic hydroxyl groups is 2. The summed E-state index contributed by atoms with van der Waals surface area (Å²) in [5, 5.41) is 17.5. The predicted octanol–water partition coefficient (Wildman–Crippen LogP) is -1.60. The van der Waals surface area contributed by atoms with Crippen LogP contribution in [0.4, 0.5) is 0 Å². The molecule has 0 rings (SSSR count). The maximum atomic E-state index is 8.75. The van der Waals surface area contributed by atoms with Crippen LogP contribution in [0.5, 0.6) is 0 Å². The van der Waals surface area contributed by atoms with Crippen molar-refractivity contribution in [2.24, 2.45) is 0 Å². The second kappa shape index (κ2) is 10.5. The van der Waals surface area contributed by atoms with Gasteiger partial charge in [-0.25, -0.2) is 0 Å². The molecule has 0 spiro atoms. The summed E-state index contributed by atoms with van der Waals surface area (Å²) in [4.78, 5) is 0. The van der Waals surface area contributed by atoms with Gasteiger partial charge in [-0.2, -0.15) is 0 Å². The molecule has 0 bridgehead atoms. The molecule has 0 radical (unpaired) electrons. The van der Waals surface area contributed by atoms with E-state index in [9.17, 15) is 0 Å². The molecule has 0 fully saturated rings. The van der Waals surface area contributed by atoms with Crippen LogP contribution in [0, 0.1) is 0 Å². The molecule has 4 nitrogen and oxygen atoms in total. The summed E-state index contributed by atoms with van der Waals surface area (Å²) in [5.74, 6) is 0. The normalized spacial score (nSPS) is 14.7. The van der Waals surface area contributed by atoms with Crippen LogP contribution in [-0.4, -0.2) is 81.1 Å². The first-order chi connectivity index (χ1) is 5.13. The zero-order valence-corrected chi connectivity index (χ0v) is 8.40. The molecule has 6 heteroatoms. The van der Waals surface area contributed by atoms with Gasteiger partial charge in [0.15, 0.2) is 0 Å². The van der Waals surface area contributed by atoms with Crippen LogP contribution >= 0.6 is 0 Å². The zero-order valence-electron chi connectivity index (χ0n) is 6.99. The Bertz CT molecular complexity index is 81.6. The van der Waals surface area contributed by atoms with Gasteiger partial charge in [-0.05, 0) is 13.8 Å². The zero-order chi connectivity index (χ0) is 8.69. The molecule has 2 atom stereocenters. The monoisotopic (exact) mass is 202 g/mol. The van der Waals surface area contributed by atoms with Crippen LogP contribution in [0.25, 0.3) is 0 Å². The van der Waals surface area contributed by atoms with Gasteiger partial charge in [-0.3, -0.25) is 0 Å². The van der Waals surface area contributed by atoms with Gasteiger partial charge in [0, 0.05) is 13.2 Å². The molecular formula is C6H16AlNaO4. The fourth-order valence-electron chi connectivity index (χ4n) is 0.496. The van der Waals surface area contributed by atoms with Crippen molar-refractivity contribution in [2.75, 3.05) is 13.2 Å². The van der Waals surface area contributed by atoms with E-state index >= 15 is 0 Å². The van der Waals surface area contributed by atoms with E-state index in [0.29, 0.717) is 13.2 Å². The number of aliphatic hydroxyl groups excluding tert-OH is 2. The van der Waals surface area contributed by atoms with E-state index in [-0.39, 0.29) is 29.6 Å². The first-order valence-corrected chi connectivity index (χ1v) is 4.80. The second-order valence-electron chi connectivity index (χ2n) is 2.56. The number of hydrogen-bond acceptors (Lipinski definition) is 4.